The first-order valence-corrected chi connectivity index (χ1v) is 9.79. The standard InChI is InChI=1S/C25H24N2O2/c1-2-10-20-11-6-9-16-24(20)29-19-25-26-22-14-7-8-15-23(22)27(25)17-18-28-21-12-4-3-5-13-21/h2-9,11-16H,1,10,17-19H2. The van der Waals surface area contributed by atoms with E-state index in [2.05, 4.69) is 23.3 Å². The van der Waals surface area contributed by atoms with Crippen molar-refractivity contribution in [3.05, 3.63) is 103 Å². The van der Waals surface area contributed by atoms with Gasteiger partial charge in [-0.2, -0.15) is 0 Å². The van der Waals surface area contributed by atoms with Crippen LogP contribution in [0.5, 0.6) is 11.5 Å². The normalized spacial score (nSPS) is 10.8. The van der Waals surface area contributed by atoms with Crippen molar-refractivity contribution < 1.29 is 9.47 Å². The van der Waals surface area contributed by atoms with Crippen LogP contribution in [-0.4, -0.2) is 16.2 Å². The molecular weight excluding hydrogens is 360 g/mol. The summed E-state index contributed by atoms with van der Waals surface area (Å²) in [5.41, 5.74) is 3.17. The molecule has 0 saturated carbocycles. The second-order valence-corrected chi connectivity index (χ2v) is 6.72. The highest BCUT2D eigenvalue weighted by molar-refractivity contribution is 5.75. The lowest BCUT2D eigenvalue weighted by atomic mass is 10.1. The Kier molecular flexibility index (Phi) is 5.91. The largest absolute Gasteiger partial charge is 0.492 e. The predicted molar refractivity (Wildman–Crippen MR) is 116 cm³/mol. The van der Waals surface area contributed by atoms with Gasteiger partial charge in [-0.3, -0.25) is 0 Å². The van der Waals surface area contributed by atoms with Gasteiger partial charge >= 0.3 is 0 Å². The molecule has 0 aliphatic rings. The second kappa shape index (κ2) is 9.11. The molecule has 1 heterocycles. The fourth-order valence-electron chi connectivity index (χ4n) is 3.37. The summed E-state index contributed by atoms with van der Waals surface area (Å²) >= 11 is 0. The van der Waals surface area contributed by atoms with Gasteiger partial charge in [-0.05, 0) is 42.3 Å². The van der Waals surface area contributed by atoms with Crippen molar-refractivity contribution in [2.75, 3.05) is 6.61 Å². The molecule has 4 heteroatoms. The number of imidazole rings is 1. The quantitative estimate of drug-likeness (QED) is 0.361. The van der Waals surface area contributed by atoms with Gasteiger partial charge in [0.15, 0.2) is 0 Å². The smallest absolute Gasteiger partial charge is 0.148 e. The molecule has 4 aromatic rings. The average Bonchev–Trinajstić information content (AvgIpc) is 3.12. The van der Waals surface area contributed by atoms with Crippen LogP contribution in [0.2, 0.25) is 0 Å². The summed E-state index contributed by atoms with van der Waals surface area (Å²) in [7, 11) is 0. The Labute approximate surface area is 171 Å². The van der Waals surface area contributed by atoms with Crippen molar-refractivity contribution in [3.8, 4) is 11.5 Å². The van der Waals surface area contributed by atoms with Crippen LogP contribution in [0.1, 0.15) is 11.4 Å². The number of rotatable bonds is 9. The molecular formula is C25H24N2O2. The van der Waals surface area contributed by atoms with Gasteiger partial charge in [0.05, 0.1) is 17.6 Å². The Morgan fingerprint density at radius 3 is 2.48 bits per heavy atom. The molecule has 0 fully saturated rings. The third kappa shape index (κ3) is 4.49. The Hall–Kier alpha value is -3.53. The van der Waals surface area contributed by atoms with Crippen LogP contribution in [0.25, 0.3) is 11.0 Å². The highest BCUT2D eigenvalue weighted by atomic mass is 16.5. The Bertz CT molecular complexity index is 1090. The summed E-state index contributed by atoms with van der Waals surface area (Å²) in [5, 5.41) is 0. The number of hydrogen-bond acceptors (Lipinski definition) is 3. The second-order valence-electron chi connectivity index (χ2n) is 6.72. The van der Waals surface area contributed by atoms with Gasteiger partial charge in [0.1, 0.15) is 30.5 Å². The summed E-state index contributed by atoms with van der Waals surface area (Å²) in [6.45, 7) is 5.48. The van der Waals surface area contributed by atoms with Gasteiger partial charge in [0, 0.05) is 0 Å². The number of hydrogen-bond donors (Lipinski definition) is 0. The van der Waals surface area contributed by atoms with E-state index >= 15 is 0 Å². The van der Waals surface area contributed by atoms with Crippen LogP contribution in [0.15, 0.2) is 91.5 Å². The summed E-state index contributed by atoms with van der Waals surface area (Å²) in [4.78, 5) is 4.79. The number of allylic oxidation sites excluding steroid dienone is 1. The molecule has 0 aliphatic heterocycles. The van der Waals surface area contributed by atoms with Gasteiger partial charge in [0.2, 0.25) is 0 Å². The number of ether oxygens (including phenoxy) is 2. The minimum Gasteiger partial charge on any atom is -0.492 e. The molecule has 0 unspecified atom stereocenters. The lowest BCUT2D eigenvalue weighted by Crippen LogP contribution is -2.13. The van der Waals surface area contributed by atoms with E-state index in [0.29, 0.717) is 19.8 Å². The van der Waals surface area contributed by atoms with Crippen LogP contribution in [0.4, 0.5) is 0 Å². The van der Waals surface area contributed by atoms with Crippen LogP contribution in [0.3, 0.4) is 0 Å². The summed E-state index contributed by atoms with van der Waals surface area (Å²) in [6.07, 6.45) is 2.66. The van der Waals surface area contributed by atoms with Crippen molar-refractivity contribution in [1.29, 1.82) is 0 Å². The number of fused-ring (bicyclic) bond motifs is 1. The molecule has 4 nitrogen and oxygen atoms in total. The molecule has 0 spiro atoms. The van der Waals surface area contributed by atoms with E-state index < -0.39 is 0 Å². The lowest BCUT2D eigenvalue weighted by molar-refractivity contribution is 0.271. The van der Waals surface area contributed by atoms with E-state index in [4.69, 9.17) is 14.5 Å². The Morgan fingerprint density at radius 2 is 1.62 bits per heavy atom. The van der Waals surface area contributed by atoms with Crippen molar-refractivity contribution in [2.45, 2.75) is 19.6 Å². The van der Waals surface area contributed by atoms with Gasteiger partial charge in [-0.25, -0.2) is 4.98 Å². The van der Waals surface area contributed by atoms with E-state index in [1.165, 1.54) is 0 Å². The zero-order valence-corrected chi connectivity index (χ0v) is 16.3. The Balaban J connectivity index is 1.52. The van der Waals surface area contributed by atoms with Crippen LogP contribution < -0.4 is 9.47 Å². The number of nitrogens with zero attached hydrogens (tertiary/aromatic N) is 2. The minimum atomic E-state index is 0.397. The van der Waals surface area contributed by atoms with Crippen LogP contribution in [0, 0.1) is 0 Å². The SMILES string of the molecule is C=CCc1ccccc1OCc1nc2ccccc2n1CCOc1ccccc1. The number of para-hydroxylation sites is 4. The van der Waals surface area contributed by atoms with E-state index in [9.17, 15) is 0 Å². The maximum atomic E-state index is 6.14. The molecule has 29 heavy (non-hydrogen) atoms. The number of aromatic nitrogens is 2. The van der Waals surface area contributed by atoms with E-state index in [1.807, 2.05) is 72.8 Å². The summed E-state index contributed by atoms with van der Waals surface area (Å²) < 4.78 is 14.2. The van der Waals surface area contributed by atoms with Crippen molar-refractivity contribution >= 4 is 11.0 Å². The minimum absolute atomic E-state index is 0.397. The van der Waals surface area contributed by atoms with Gasteiger partial charge < -0.3 is 14.0 Å². The van der Waals surface area contributed by atoms with Gasteiger partial charge in [-0.1, -0.05) is 54.6 Å². The maximum Gasteiger partial charge on any atom is 0.148 e. The molecule has 0 radical (unpaired) electrons. The highest BCUT2D eigenvalue weighted by Gasteiger charge is 2.12. The first kappa shape index (κ1) is 18.8. The fourth-order valence-corrected chi connectivity index (χ4v) is 3.37. The third-order valence-corrected chi connectivity index (χ3v) is 4.75. The summed E-state index contributed by atoms with van der Waals surface area (Å²) in [6, 6.07) is 26.1. The van der Waals surface area contributed by atoms with Crippen molar-refractivity contribution in [2.24, 2.45) is 0 Å². The molecule has 1 aromatic heterocycles. The zero-order valence-electron chi connectivity index (χ0n) is 16.3. The summed E-state index contributed by atoms with van der Waals surface area (Å²) in [5.74, 6) is 2.62. The Morgan fingerprint density at radius 1 is 0.862 bits per heavy atom. The molecule has 0 aliphatic carbocycles. The molecule has 0 N–H and O–H groups in total. The zero-order chi connectivity index (χ0) is 19.9. The predicted octanol–water partition coefficient (Wildman–Crippen LogP) is 5.42. The van der Waals surface area contributed by atoms with E-state index in [-0.39, 0.29) is 0 Å². The van der Waals surface area contributed by atoms with E-state index in [1.54, 1.807) is 0 Å². The molecule has 4 rings (SSSR count). The number of benzene rings is 3. The van der Waals surface area contributed by atoms with E-state index in [0.717, 1.165) is 40.3 Å². The van der Waals surface area contributed by atoms with Crippen molar-refractivity contribution in [3.63, 3.8) is 0 Å². The van der Waals surface area contributed by atoms with Gasteiger partial charge in [0.25, 0.3) is 0 Å². The topological polar surface area (TPSA) is 36.3 Å². The molecule has 0 saturated heterocycles. The molecule has 0 amide bonds. The molecule has 0 atom stereocenters. The fraction of sp³-hybridized carbons (Fsp3) is 0.160. The van der Waals surface area contributed by atoms with Crippen LogP contribution in [-0.2, 0) is 19.6 Å². The highest BCUT2D eigenvalue weighted by Crippen LogP contribution is 2.22. The van der Waals surface area contributed by atoms with Crippen molar-refractivity contribution in [1.82, 2.24) is 9.55 Å². The lowest BCUT2D eigenvalue weighted by Gasteiger charge is -2.13. The molecule has 146 valence electrons. The molecule has 0 bridgehead atoms. The first-order valence-electron chi connectivity index (χ1n) is 9.79. The van der Waals surface area contributed by atoms with Crippen LogP contribution >= 0.6 is 0 Å². The maximum absolute atomic E-state index is 6.14. The van der Waals surface area contributed by atoms with Gasteiger partial charge in [-0.15, -0.1) is 6.58 Å². The first-order chi connectivity index (χ1) is 14.3. The third-order valence-electron chi connectivity index (χ3n) is 4.75. The monoisotopic (exact) mass is 384 g/mol. The molecule has 3 aromatic carbocycles. The average molecular weight is 384 g/mol.